The number of fused-ring (bicyclic) bond motifs is 2. The van der Waals surface area contributed by atoms with E-state index in [0.29, 0.717) is 29.7 Å². The average Bonchev–Trinajstić information content (AvgIpc) is 3.10. The molecule has 0 spiro atoms. The molecular formula is C21H24N4O4. The van der Waals surface area contributed by atoms with Crippen LogP contribution in [0.5, 0.6) is 11.5 Å². The number of methoxy groups -OCH3 is 2. The highest BCUT2D eigenvalue weighted by molar-refractivity contribution is 5.93. The zero-order valence-electron chi connectivity index (χ0n) is 16.5. The van der Waals surface area contributed by atoms with Crippen molar-refractivity contribution in [3.05, 3.63) is 51.9 Å². The Morgan fingerprint density at radius 1 is 1.07 bits per heavy atom. The molecule has 3 N–H and O–H groups in total. The van der Waals surface area contributed by atoms with E-state index in [4.69, 9.17) is 9.47 Å². The Labute approximate surface area is 167 Å². The number of imidazole rings is 1. The first-order valence-electron chi connectivity index (χ1n) is 9.54. The largest absolute Gasteiger partial charge is 0.493 e. The summed E-state index contributed by atoms with van der Waals surface area (Å²) >= 11 is 0. The van der Waals surface area contributed by atoms with Gasteiger partial charge >= 0.3 is 5.69 Å². The number of ether oxygens (including phenoxy) is 2. The number of hydrogen-bond donors (Lipinski definition) is 3. The molecule has 4 rings (SSSR count). The maximum Gasteiger partial charge on any atom is 0.323 e. The third-order valence-corrected chi connectivity index (χ3v) is 5.25. The molecule has 2 heterocycles. The first kappa shape index (κ1) is 19.1. The number of carbonyl (C=O) groups excluding carboxylic acids is 1. The van der Waals surface area contributed by atoms with Crippen LogP contribution in [0.1, 0.15) is 17.5 Å². The molecule has 0 saturated carbocycles. The van der Waals surface area contributed by atoms with Crippen LogP contribution in [0.4, 0.5) is 5.69 Å². The summed E-state index contributed by atoms with van der Waals surface area (Å²) in [5, 5.41) is 2.90. The number of hydrogen-bond acceptors (Lipinski definition) is 5. The van der Waals surface area contributed by atoms with E-state index < -0.39 is 0 Å². The van der Waals surface area contributed by atoms with E-state index in [1.165, 1.54) is 11.1 Å². The van der Waals surface area contributed by atoms with Gasteiger partial charge in [0.25, 0.3) is 0 Å². The van der Waals surface area contributed by atoms with Crippen molar-refractivity contribution in [2.45, 2.75) is 19.4 Å². The third kappa shape index (κ3) is 4.12. The van der Waals surface area contributed by atoms with Gasteiger partial charge in [0.05, 0.1) is 25.3 Å². The summed E-state index contributed by atoms with van der Waals surface area (Å²) in [7, 11) is 3.28. The SMILES string of the molecule is COc1cc2c(cc1OC)CN(CCC(=O)Nc1ccc3[nH]c(=O)[nH]c3c1)CC2. The van der Waals surface area contributed by atoms with E-state index in [1.807, 2.05) is 12.1 Å². The van der Waals surface area contributed by atoms with Crippen LogP contribution < -0.4 is 20.5 Å². The Hall–Kier alpha value is -3.26. The first-order valence-corrected chi connectivity index (χ1v) is 9.54. The number of nitrogens with zero attached hydrogens (tertiary/aromatic N) is 1. The van der Waals surface area contributed by atoms with Gasteiger partial charge in [-0.1, -0.05) is 0 Å². The lowest BCUT2D eigenvalue weighted by Gasteiger charge is -2.29. The molecule has 1 aliphatic heterocycles. The number of H-pyrrole nitrogens is 2. The van der Waals surface area contributed by atoms with Crippen LogP contribution in [-0.2, 0) is 17.8 Å². The molecule has 0 unspecified atom stereocenters. The lowest BCUT2D eigenvalue weighted by Crippen LogP contribution is -2.33. The molecule has 8 nitrogen and oxygen atoms in total. The highest BCUT2D eigenvalue weighted by Crippen LogP contribution is 2.33. The van der Waals surface area contributed by atoms with Gasteiger partial charge in [-0.3, -0.25) is 9.69 Å². The minimum atomic E-state index is -0.261. The van der Waals surface area contributed by atoms with E-state index in [-0.39, 0.29) is 11.6 Å². The molecule has 0 aliphatic carbocycles. The van der Waals surface area contributed by atoms with E-state index in [0.717, 1.165) is 31.0 Å². The summed E-state index contributed by atoms with van der Waals surface area (Å²) in [6.45, 7) is 2.34. The zero-order valence-corrected chi connectivity index (χ0v) is 16.5. The lowest BCUT2D eigenvalue weighted by molar-refractivity contribution is -0.116. The number of carbonyl (C=O) groups is 1. The molecular weight excluding hydrogens is 372 g/mol. The molecule has 1 aromatic heterocycles. The second-order valence-electron chi connectivity index (χ2n) is 7.14. The highest BCUT2D eigenvalue weighted by Gasteiger charge is 2.20. The van der Waals surface area contributed by atoms with Crippen molar-refractivity contribution in [1.82, 2.24) is 14.9 Å². The van der Waals surface area contributed by atoms with Crippen molar-refractivity contribution in [1.29, 1.82) is 0 Å². The molecule has 0 radical (unpaired) electrons. The number of amides is 1. The summed E-state index contributed by atoms with van der Waals surface area (Å²) in [5.41, 5.74) is 4.26. The van der Waals surface area contributed by atoms with Crippen LogP contribution >= 0.6 is 0 Å². The number of aromatic nitrogens is 2. The molecule has 0 bridgehead atoms. The molecule has 3 aromatic rings. The predicted octanol–water partition coefficient (Wildman–Crippen LogP) is 2.26. The van der Waals surface area contributed by atoms with E-state index >= 15 is 0 Å². The lowest BCUT2D eigenvalue weighted by atomic mass is 9.98. The minimum absolute atomic E-state index is 0.0552. The fraction of sp³-hybridized carbons (Fsp3) is 0.333. The smallest absolute Gasteiger partial charge is 0.323 e. The predicted molar refractivity (Wildman–Crippen MR) is 111 cm³/mol. The quantitative estimate of drug-likeness (QED) is 0.594. The number of nitrogens with one attached hydrogen (secondary N) is 3. The number of rotatable bonds is 6. The van der Waals surface area contributed by atoms with Gasteiger partial charge in [-0.05, 0) is 47.9 Å². The van der Waals surface area contributed by atoms with Gasteiger partial charge in [-0.15, -0.1) is 0 Å². The monoisotopic (exact) mass is 396 g/mol. The zero-order chi connectivity index (χ0) is 20.4. The molecule has 1 amide bonds. The number of aromatic amines is 2. The van der Waals surface area contributed by atoms with Crippen molar-refractivity contribution >= 4 is 22.6 Å². The van der Waals surface area contributed by atoms with E-state index in [1.54, 1.807) is 32.4 Å². The van der Waals surface area contributed by atoms with Crippen LogP contribution in [0.3, 0.4) is 0 Å². The van der Waals surface area contributed by atoms with E-state index in [2.05, 4.69) is 20.2 Å². The van der Waals surface area contributed by atoms with Crippen molar-refractivity contribution in [2.24, 2.45) is 0 Å². The Morgan fingerprint density at radius 2 is 1.79 bits per heavy atom. The third-order valence-electron chi connectivity index (χ3n) is 5.25. The fourth-order valence-corrected chi connectivity index (χ4v) is 3.73. The molecule has 29 heavy (non-hydrogen) atoms. The van der Waals surface area contributed by atoms with Gasteiger partial charge in [0.15, 0.2) is 11.5 Å². The summed E-state index contributed by atoms with van der Waals surface area (Å²) in [6, 6.07) is 9.36. The molecule has 0 saturated heterocycles. The van der Waals surface area contributed by atoms with Gasteiger partial charge in [0.1, 0.15) is 0 Å². The standard InChI is InChI=1S/C21H24N4O4/c1-28-18-9-13-5-7-25(12-14(13)10-19(18)29-2)8-6-20(26)22-15-3-4-16-17(11-15)24-21(27)23-16/h3-4,9-11H,5-8,12H2,1-2H3,(H,22,26)(H2,23,24,27). The Morgan fingerprint density at radius 3 is 2.55 bits per heavy atom. The van der Waals surface area contributed by atoms with Crippen molar-refractivity contribution in [3.8, 4) is 11.5 Å². The molecule has 1 aliphatic rings. The number of benzene rings is 2. The van der Waals surface area contributed by atoms with Crippen LogP contribution in [0.15, 0.2) is 35.1 Å². The summed E-state index contributed by atoms with van der Waals surface area (Å²) in [4.78, 5) is 31.4. The van der Waals surface area contributed by atoms with Crippen molar-refractivity contribution in [3.63, 3.8) is 0 Å². The average molecular weight is 396 g/mol. The normalized spacial score (nSPS) is 13.9. The van der Waals surface area contributed by atoms with Crippen molar-refractivity contribution in [2.75, 3.05) is 32.6 Å². The Bertz CT molecular complexity index is 1100. The summed E-state index contributed by atoms with van der Waals surface area (Å²) in [5.74, 6) is 1.42. The van der Waals surface area contributed by atoms with Crippen LogP contribution in [0.2, 0.25) is 0 Å². The van der Waals surface area contributed by atoms with Crippen LogP contribution in [0, 0.1) is 0 Å². The molecule has 0 atom stereocenters. The van der Waals surface area contributed by atoms with Crippen molar-refractivity contribution < 1.29 is 14.3 Å². The molecule has 0 fully saturated rings. The highest BCUT2D eigenvalue weighted by atomic mass is 16.5. The molecule has 152 valence electrons. The topological polar surface area (TPSA) is 99.4 Å². The Kier molecular flexibility index (Phi) is 5.26. The number of anilines is 1. The van der Waals surface area contributed by atoms with Gasteiger partial charge in [0.2, 0.25) is 5.91 Å². The molecule has 2 aromatic carbocycles. The summed E-state index contributed by atoms with van der Waals surface area (Å²) < 4.78 is 10.8. The fourth-order valence-electron chi connectivity index (χ4n) is 3.73. The van der Waals surface area contributed by atoms with E-state index in [9.17, 15) is 9.59 Å². The second kappa shape index (κ2) is 8.00. The molecule has 8 heteroatoms. The minimum Gasteiger partial charge on any atom is -0.493 e. The second-order valence-corrected chi connectivity index (χ2v) is 7.14. The van der Waals surface area contributed by atoms with Gasteiger partial charge in [-0.2, -0.15) is 0 Å². The van der Waals surface area contributed by atoms with Gasteiger partial charge < -0.3 is 24.8 Å². The van der Waals surface area contributed by atoms with Gasteiger partial charge in [-0.25, -0.2) is 4.79 Å². The maximum absolute atomic E-state index is 12.4. The maximum atomic E-state index is 12.4. The van der Waals surface area contributed by atoms with Crippen LogP contribution in [0.25, 0.3) is 11.0 Å². The Balaban J connectivity index is 1.35. The van der Waals surface area contributed by atoms with Crippen LogP contribution in [-0.4, -0.2) is 48.1 Å². The summed E-state index contributed by atoms with van der Waals surface area (Å²) in [6.07, 6.45) is 1.30. The van der Waals surface area contributed by atoms with Gasteiger partial charge in [0, 0.05) is 31.7 Å². The first-order chi connectivity index (χ1) is 14.1.